The van der Waals surface area contributed by atoms with Gasteiger partial charge in [0.1, 0.15) is 5.75 Å². The van der Waals surface area contributed by atoms with Crippen molar-refractivity contribution in [1.29, 1.82) is 0 Å². The monoisotopic (exact) mass is 469 g/mol. The topological polar surface area (TPSA) is 63.2 Å². The molecule has 0 aliphatic heterocycles. The summed E-state index contributed by atoms with van der Waals surface area (Å²) in [6.45, 7) is 2.04. The van der Waals surface area contributed by atoms with Gasteiger partial charge >= 0.3 is 0 Å². The summed E-state index contributed by atoms with van der Waals surface area (Å²) in [5.41, 5.74) is 7.19. The highest BCUT2D eigenvalue weighted by molar-refractivity contribution is 7.11. The maximum atomic E-state index is 12.6. The molecule has 2 aromatic carbocycles. The number of nitrogens with one attached hydrogen (secondary N) is 2. The molecule has 2 aromatic heterocycles. The van der Waals surface area contributed by atoms with Crippen molar-refractivity contribution < 1.29 is 9.53 Å². The van der Waals surface area contributed by atoms with Crippen LogP contribution in [-0.4, -0.2) is 18.0 Å². The fourth-order valence-corrected chi connectivity index (χ4v) is 5.24. The molecule has 1 aliphatic rings. The quantitative estimate of drug-likeness (QED) is 0.302. The molecule has 0 unspecified atom stereocenters. The largest absolute Gasteiger partial charge is 0.495 e. The number of pyridine rings is 1. The summed E-state index contributed by atoms with van der Waals surface area (Å²) in [7, 11) is 1.68. The minimum atomic E-state index is -0.155. The zero-order valence-electron chi connectivity index (χ0n) is 19.4. The predicted octanol–water partition coefficient (Wildman–Crippen LogP) is 6.89. The van der Waals surface area contributed by atoms with E-state index in [1.165, 1.54) is 11.1 Å². The number of carbonyl (C=O) groups is 1. The molecule has 4 aromatic rings. The molecule has 5 rings (SSSR count). The Hall–Kier alpha value is -3.64. The highest BCUT2D eigenvalue weighted by Gasteiger charge is 2.19. The summed E-state index contributed by atoms with van der Waals surface area (Å²) in [5.74, 6) is 0.632. The van der Waals surface area contributed by atoms with Crippen molar-refractivity contribution in [1.82, 2.24) is 4.98 Å². The van der Waals surface area contributed by atoms with E-state index in [9.17, 15) is 4.79 Å². The van der Waals surface area contributed by atoms with Crippen molar-refractivity contribution in [2.45, 2.75) is 32.6 Å². The van der Waals surface area contributed by atoms with Crippen molar-refractivity contribution in [3.05, 3.63) is 81.7 Å². The van der Waals surface area contributed by atoms with Gasteiger partial charge in [0.05, 0.1) is 24.0 Å². The number of thiophene rings is 1. The molecular weight excluding hydrogens is 442 g/mol. The van der Waals surface area contributed by atoms with E-state index in [1.807, 2.05) is 60.8 Å². The molecule has 172 valence electrons. The summed E-state index contributed by atoms with van der Waals surface area (Å²) < 4.78 is 5.57. The Balaban J connectivity index is 1.51. The van der Waals surface area contributed by atoms with Crippen LogP contribution in [0, 0.1) is 6.92 Å². The average Bonchev–Trinajstić information content (AvgIpc) is 3.27. The van der Waals surface area contributed by atoms with Crippen molar-refractivity contribution in [3.8, 4) is 5.75 Å². The van der Waals surface area contributed by atoms with E-state index in [2.05, 4.69) is 16.7 Å². The number of aryl methyl sites for hydroxylation is 2. The highest BCUT2D eigenvalue weighted by Crippen LogP contribution is 2.38. The van der Waals surface area contributed by atoms with E-state index < -0.39 is 0 Å². The zero-order chi connectivity index (χ0) is 23.5. The van der Waals surface area contributed by atoms with E-state index >= 15 is 0 Å². The lowest BCUT2D eigenvalue weighted by Gasteiger charge is -2.22. The first-order valence-electron chi connectivity index (χ1n) is 11.5. The average molecular weight is 470 g/mol. The Morgan fingerprint density at radius 2 is 1.97 bits per heavy atom. The number of amides is 1. The summed E-state index contributed by atoms with van der Waals surface area (Å²) >= 11 is 1.62. The Labute approximate surface area is 203 Å². The smallest absolute Gasteiger partial charge is 0.248 e. The normalized spacial score (nSPS) is 13.1. The Morgan fingerprint density at radius 3 is 2.79 bits per heavy atom. The van der Waals surface area contributed by atoms with Gasteiger partial charge in [-0.05, 0) is 91.6 Å². The van der Waals surface area contributed by atoms with E-state index in [1.54, 1.807) is 24.5 Å². The molecule has 0 fully saturated rings. The van der Waals surface area contributed by atoms with E-state index in [4.69, 9.17) is 9.72 Å². The van der Waals surface area contributed by atoms with Crippen LogP contribution in [0.15, 0.2) is 60.0 Å². The number of methoxy groups -OCH3 is 1. The van der Waals surface area contributed by atoms with Crippen molar-refractivity contribution in [2.75, 3.05) is 17.7 Å². The third-order valence-electron chi connectivity index (χ3n) is 6.18. The van der Waals surface area contributed by atoms with Gasteiger partial charge in [0.15, 0.2) is 0 Å². The van der Waals surface area contributed by atoms with Crippen LogP contribution < -0.4 is 15.4 Å². The summed E-state index contributed by atoms with van der Waals surface area (Å²) in [6.07, 6.45) is 7.71. The number of carbonyl (C=O) groups excluding carboxylic acids is 1. The Kier molecular flexibility index (Phi) is 6.32. The van der Waals surface area contributed by atoms with E-state index in [0.717, 1.165) is 70.0 Å². The van der Waals surface area contributed by atoms with Crippen molar-refractivity contribution in [3.63, 3.8) is 0 Å². The number of aromatic nitrogens is 1. The Morgan fingerprint density at radius 1 is 1.12 bits per heavy atom. The number of nitrogens with zero attached hydrogens (tertiary/aromatic N) is 1. The molecule has 0 atom stereocenters. The molecule has 0 spiro atoms. The Bertz CT molecular complexity index is 1390. The second kappa shape index (κ2) is 9.69. The number of hydrogen-bond donors (Lipinski definition) is 2. The van der Waals surface area contributed by atoms with Crippen LogP contribution in [0.2, 0.25) is 0 Å². The number of ether oxygens (including phenoxy) is 1. The molecule has 0 radical (unpaired) electrons. The first kappa shape index (κ1) is 22.2. The van der Waals surface area contributed by atoms with Gasteiger partial charge in [0, 0.05) is 27.7 Å². The van der Waals surface area contributed by atoms with Crippen LogP contribution >= 0.6 is 11.3 Å². The molecule has 0 saturated carbocycles. The van der Waals surface area contributed by atoms with Gasteiger partial charge in [-0.15, -0.1) is 11.3 Å². The fraction of sp³-hybridized carbons (Fsp3) is 0.214. The number of rotatable bonds is 6. The lowest BCUT2D eigenvalue weighted by Crippen LogP contribution is -2.11. The SMILES string of the molecule is COc1ccccc1Nc1c2c(nc3ccc(NC(=O)/C=C/c4sccc4C)cc13)CCCC2. The van der Waals surface area contributed by atoms with Crippen LogP contribution in [0.25, 0.3) is 17.0 Å². The molecule has 0 bridgehead atoms. The van der Waals surface area contributed by atoms with E-state index in [0.29, 0.717) is 0 Å². The first-order valence-corrected chi connectivity index (χ1v) is 12.4. The molecule has 2 N–H and O–H groups in total. The summed E-state index contributed by atoms with van der Waals surface area (Å²) in [6, 6.07) is 15.9. The second-order valence-electron chi connectivity index (χ2n) is 8.47. The summed E-state index contributed by atoms with van der Waals surface area (Å²) in [4.78, 5) is 18.7. The minimum Gasteiger partial charge on any atom is -0.495 e. The fourth-order valence-electron chi connectivity index (χ4n) is 4.42. The molecule has 34 heavy (non-hydrogen) atoms. The van der Waals surface area contributed by atoms with Crippen LogP contribution in [0.3, 0.4) is 0 Å². The lowest BCUT2D eigenvalue weighted by atomic mass is 9.92. The van der Waals surface area contributed by atoms with E-state index in [-0.39, 0.29) is 5.91 Å². The number of anilines is 3. The molecule has 1 amide bonds. The van der Waals surface area contributed by atoms with Gasteiger partial charge in [0.2, 0.25) is 5.91 Å². The molecule has 5 nitrogen and oxygen atoms in total. The lowest BCUT2D eigenvalue weighted by molar-refractivity contribution is -0.111. The van der Waals surface area contributed by atoms with Crippen LogP contribution in [0.5, 0.6) is 5.75 Å². The van der Waals surface area contributed by atoms with Crippen LogP contribution in [0.4, 0.5) is 17.1 Å². The number of fused-ring (bicyclic) bond motifs is 2. The molecular formula is C28H27N3O2S. The second-order valence-corrected chi connectivity index (χ2v) is 9.41. The maximum Gasteiger partial charge on any atom is 0.248 e. The minimum absolute atomic E-state index is 0.155. The van der Waals surface area contributed by atoms with Crippen molar-refractivity contribution >= 4 is 51.3 Å². The van der Waals surface area contributed by atoms with Crippen LogP contribution in [-0.2, 0) is 17.6 Å². The number of benzene rings is 2. The zero-order valence-corrected chi connectivity index (χ0v) is 20.2. The third-order valence-corrected chi connectivity index (χ3v) is 7.17. The van der Waals surface area contributed by atoms with Gasteiger partial charge in [-0.25, -0.2) is 0 Å². The summed E-state index contributed by atoms with van der Waals surface area (Å²) in [5, 5.41) is 9.66. The highest BCUT2D eigenvalue weighted by atomic mass is 32.1. The van der Waals surface area contributed by atoms with Gasteiger partial charge in [-0.2, -0.15) is 0 Å². The van der Waals surface area contributed by atoms with Gasteiger partial charge in [-0.3, -0.25) is 9.78 Å². The molecule has 6 heteroatoms. The third kappa shape index (κ3) is 4.54. The van der Waals surface area contributed by atoms with Crippen molar-refractivity contribution in [2.24, 2.45) is 0 Å². The molecule has 2 heterocycles. The standard InChI is InChI=1S/C28H27N3O2S/c1-18-15-16-34-26(18)13-14-27(32)29-19-11-12-23-21(17-19)28(20-7-3-4-8-22(20)30-23)31-24-9-5-6-10-25(24)33-2/h5-6,9-17H,3-4,7-8H2,1-2H3,(H,29,32)(H,30,31)/b14-13+. The maximum absolute atomic E-state index is 12.6. The molecule has 0 saturated heterocycles. The number of para-hydroxylation sites is 2. The van der Waals surface area contributed by atoms with Gasteiger partial charge in [-0.1, -0.05) is 12.1 Å². The van der Waals surface area contributed by atoms with Crippen LogP contribution in [0.1, 0.15) is 34.5 Å². The molecule has 1 aliphatic carbocycles. The van der Waals surface area contributed by atoms with Gasteiger partial charge < -0.3 is 15.4 Å². The number of hydrogen-bond acceptors (Lipinski definition) is 5. The van der Waals surface area contributed by atoms with Gasteiger partial charge in [0.25, 0.3) is 0 Å². The first-order chi connectivity index (χ1) is 16.6. The predicted molar refractivity (Wildman–Crippen MR) is 141 cm³/mol.